The number of aromatic nitrogens is 2. The summed E-state index contributed by atoms with van der Waals surface area (Å²) in [5.41, 5.74) is 0.451. The zero-order valence-electron chi connectivity index (χ0n) is 11.3. The maximum Gasteiger partial charge on any atom is 0.401 e. The van der Waals surface area contributed by atoms with Gasteiger partial charge >= 0.3 is 6.18 Å². The molecule has 1 amide bonds. The number of hydrogen-bond donors (Lipinski definition) is 2. The normalized spacial score (nSPS) is 18.9. The van der Waals surface area contributed by atoms with E-state index < -0.39 is 25.2 Å². The molecular weight excluding hydrogens is 289 g/mol. The summed E-state index contributed by atoms with van der Waals surface area (Å²) in [6, 6.07) is 0. The lowest BCUT2D eigenvalue weighted by Crippen LogP contribution is -2.35. The minimum absolute atomic E-state index is 0.127. The summed E-state index contributed by atoms with van der Waals surface area (Å²) in [4.78, 5) is 11.4. The van der Waals surface area contributed by atoms with E-state index in [1.165, 1.54) is 6.20 Å². The summed E-state index contributed by atoms with van der Waals surface area (Å²) in [6.45, 7) is -0.252. The van der Waals surface area contributed by atoms with Crippen LogP contribution in [0, 0.1) is 0 Å². The summed E-state index contributed by atoms with van der Waals surface area (Å²) in [7, 11) is 0. The predicted octanol–water partition coefficient (Wildman–Crippen LogP) is 1.15. The van der Waals surface area contributed by atoms with E-state index in [2.05, 4.69) is 10.4 Å². The molecule has 1 aromatic rings. The largest absolute Gasteiger partial charge is 0.401 e. The lowest BCUT2D eigenvalue weighted by molar-refractivity contribution is -0.126. The van der Waals surface area contributed by atoms with Crippen molar-refractivity contribution in [1.82, 2.24) is 15.1 Å². The fourth-order valence-corrected chi connectivity index (χ4v) is 2.05. The van der Waals surface area contributed by atoms with Gasteiger partial charge in [0.05, 0.1) is 37.6 Å². The Kier molecular flexibility index (Phi) is 5.18. The van der Waals surface area contributed by atoms with Gasteiger partial charge < -0.3 is 15.4 Å². The molecule has 0 aromatic carbocycles. The third kappa shape index (κ3) is 5.72. The molecule has 21 heavy (non-hydrogen) atoms. The van der Waals surface area contributed by atoms with E-state index in [1.807, 2.05) is 5.32 Å². The molecule has 2 rings (SSSR count). The van der Waals surface area contributed by atoms with Gasteiger partial charge in [0.2, 0.25) is 5.91 Å². The first-order chi connectivity index (χ1) is 9.92. The number of amides is 1. The molecule has 1 saturated heterocycles. The van der Waals surface area contributed by atoms with Gasteiger partial charge in [0.25, 0.3) is 0 Å². The highest BCUT2D eigenvalue weighted by atomic mass is 19.4. The predicted molar refractivity (Wildman–Crippen MR) is 68.8 cm³/mol. The van der Waals surface area contributed by atoms with Crippen molar-refractivity contribution in [2.24, 2.45) is 0 Å². The van der Waals surface area contributed by atoms with E-state index in [0.717, 1.165) is 19.4 Å². The second kappa shape index (κ2) is 6.90. The molecule has 1 aliphatic rings. The molecule has 0 spiro atoms. The minimum Gasteiger partial charge on any atom is -0.376 e. The Bertz CT molecular complexity index is 469. The maximum atomic E-state index is 11.9. The fraction of sp³-hybridized carbons (Fsp3) is 0.667. The van der Waals surface area contributed by atoms with Crippen LogP contribution in [0.25, 0.3) is 0 Å². The number of halogens is 3. The molecule has 2 heterocycles. The standard InChI is InChI=1S/C12H17F3N4O2/c13-12(14,15)8-16-5-11(20)18-9-4-17-19(6-9)7-10-2-1-3-21-10/h4,6,10,16H,1-3,5,7-8H2,(H,18,20). The van der Waals surface area contributed by atoms with Crippen LogP contribution in [-0.2, 0) is 16.1 Å². The second-order valence-corrected chi connectivity index (χ2v) is 4.85. The van der Waals surface area contributed by atoms with Gasteiger partial charge in [0.1, 0.15) is 0 Å². The minimum atomic E-state index is -4.33. The Morgan fingerprint density at radius 3 is 3.00 bits per heavy atom. The summed E-state index contributed by atoms with van der Waals surface area (Å²) in [5, 5.41) is 8.58. The first kappa shape index (κ1) is 15.8. The highest BCUT2D eigenvalue weighted by Gasteiger charge is 2.26. The molecule has 1 atom stereocenters. The highest BCUT2D eigenvalue weighted by molar-refractivity contribution is 5.91. The number of carbonyl (C=O) groups is 1. The van der Waals surface area contributed by atoms with Crippen molar-refractivity contribution >= 4 is 11.6 Å². The van der Waals surface area contributed by atoms with Gasteiger partial charge in [0.15, 0.2) is 0 Å². The molecule has 1 aliphatic heterocycles. The Morgan fingerprint density at radius 2 is 2.33 bits per heavy atom. The molecule has 0 bridgehead atoms. The van der Waals surface area contributed by atoms with Crippen molar-refractivity contribution < 1.29 is 22.7 Å². The van der Waals surface area contributed by atoms with Gasteiger partial charge in [-0.2, -0.15) is 18.3 Å². The van der Waals surface area contributed by atoms with Crippen LogP contribution in [0.1, 0.15) is 12.8 Å². The van der Waals surface area contributed by atoms with Crippen molar-refractivity contribution in [2.75, 3.05) is 25.0 Å². The topological polar surface area (TPSA) is 68.2 Å². The molecule has 2 N–H and O–H groups in total. The number of alkyl halides is 3. The summed E-state index contributed by atoms with van der Waals surface area (Å²) in [5.74, 6) is -0.545. The molecular formula is C12H17F3N4O2. The zero-order chi connectivity index (χ0) is 15.3. The van der Waals surface area contributed by atoms with Gasteiger partial charge in [-0.05, 0) is 12.8 Å². The smallest absolute Gasteiger partial charge is 0.376 e. The van der Waals surface area contributed by atoms with Gasteiger partial charge in [-0.15, -0.1) is 0 Å². The summed E-state index contributed by atoms with van der Waals surface area (Å²) < 4.78 is 42.8. The second-order valence-electron chi connectivity index (χ2n) is 4.85. The average Bonchev–Trinajstić information content (AvgIpc) is 3.00. The third-order valence-electron chi connectivity index (χ3n) is 2.94. The van der Waals surface area contributed by atoms with Crippen molar-refractivity contribution in [3.05, 3.63) is 12.4 Å². The third-order valence-corrected chi connectivity index (χ3v) is 2.94. The number of nitrogens with zero attached hydrogens (tertiary/aromatic N) is 2. The van der Waals surface area contributed by atoms with Gasteiger partial charge in [-0.25, -0.2) is 0 Å². The molecule has 0 radical (unpaired) electrons. The Morgan fingerprint density at radius 1 is 1.52 bits per heavy atom. The van der Waals surface area contributed by atoms with Gasteiger partial charge in [-0.1, -0.05) is 0 Å². The van der Waals surface area contributed by atoms with E-state index >= 15 is 0 Å². The Hall–Kier alpha value is -1.61. The van der Waals surface area contributed by atoms with Crippen LogP contribution in [0.3, 0.4) is 0 Å². The molecule has 1 aromatic heterocycles. The number of hydrogen-bond acceptors (Lipinski definition) is 4. The average molecular weight is 306 g/mol. The summed E-state index contributed by atoms with van der Waals surface area (Å²) >= 11 is 0. The zero-order valence-corrected chi connectivity index (χ0v) is 11.3. The number of ether oxygens (including phenoxy) is 1. The Balaban J connectivity index is 1.72. The molecule has 1 unspecified atom stereocenters. The number of carbonyl (C=O) groups excluding carboxylic acids is 1. The lowest BCUT2D eigenvalue weighted by Gasteiger charge is -2.09. The van der Waals surface area contributed by atoms with Crippen LogP contribution < -0.4 is 10.6 Å². The molecule has 6 nitrogen and oxygen atoms in total. The molecule has 0 saturated carbocycles. The molecule has 118 valence electrons. The van der Waals surface area contributed by atoms with E-state index in [4.69, 9.17) is 4.74 Å². The van der Waals surface area contributed by atoms with E-state index in [1.54, 1.807) is 10.9 Å². The van der Waals surface area contributed by atoms with Crippen LogP contribution in [-0.4, -0.2) is 47.7 Å². The van der Waals surface area contributed by atoms with E-state index in [9.17, 15) is 18.0 Å². The van der Waals surface area contributed by atoms with Crippen LogP contribution in [0.4, 0.5) is 18.9 Å². The number of anilines is 1. The number of nitrogens with one attached hydrogen (secondary N) is 2. The van der Waals surface area contributed by atoms with E-state index in [0.29, 0.717) is 12.2 Å². The van der Waals surface area contributed by atoms with Crippen molar-refractivity contribution in [3.63, 3.8) is 0 Å². The first-order valence-corrected chi connectivity index (χ1v) is 6.64. The monoisotopic (exact) mass is 306 g/mol. The van der Waals surface area contributed by atoms with Crippen LogP contribution in [0.15, 0.2) is 12.4 Å². The van der Waals surface area contributed by atoms with Gasteiger partial charge in [-0.3, -0.25) is 9.48 Å². The molecule has 0 aliphatic carbocycles. The van der Waals surface area contributed by atoms with Crippen molar-refractivity contribution in [2.45, 2.75) is 31.7 Å². The van der Waals surface area contributed by atoms with Gasteiger partial charge in [0, 0.05) is 12.8 Å². The van der Waals surface area contributed by atoms with Crippen molar-refractivity contribution in [1.29, 1.82) is 0 Å². The fourth-order valence-electron chi connectivity index (χ4n) is 2.05. The SMILES string of the molecule is O=C(CNCC(F)(F)F)Nc1cnn(CC2CCCO2)c1. The highest BCUT2D eigenvalue weighted by Crippen LogP contribution is 2.15. The molecule has 1 fully saturated rings. The Labute approximate surface area is 119 Å². The van der Waals surface area contributed by atoms with Crippen LogP contribution in [0.2, 0.25) is 0 Å². The number of rotatable bonds is 6. The summed E-state index contributed by atoms with van der Waals surface area (Å²) in [6.07, 6.45) is 0.886. The molecule has 9 heteroatoms. The first-order valence-electron chi connectivity index (χ1n) is 6.64. The van der Waals surface area contributed by atoms with Crippen molar-refractivity contribution in [3.8, 4) is 0 Å². The van der Waals surface area contributed by atoms with E-state index in [-0.39, 0.29) is 6.10 Å². The van der Waals surface area contributed by atoms with Crippen LogP contribution >= 0.6 is 0 Å². The lowest BCUT2D eigenvalue weighted by atomic mass is 10.2. The van der Waals surface area contributed by atoms with Crippen LogP contribution in [0.5, 0.6) is 0 Å². The quantitative estimate of drug-likeness (QED) is 0.827. The maximum absolute atomic E-state index is 11.9.